The second-order valence-electron chi connectivity index (χ2n) is 6.18. The molecule has 2 aromatic carbocycles. The number of alkyl halides is 3. The Morgan fingerprint density at radius 1 is 1.10 bits per heavy atom. The Hall–Kier alpha value is -2.34. The van der Waals surface area contributed by atoms with E-state index in [2.05, 4.69) is 10.1 Å². The van der Waals surface area contributed by atoms with Gasteiger partial charge in [-0.3, -0.25) is 4.79 Å². The fourth-order valence-electron chi connectivity index (χ4n) is 2.71. The molecule has 1 heterocycles. The van der Waals surface area contributed by atoms with Gasteiger partial charge in [0.25, 0.3) is 5.91 Å². The van der Waals surface area contributed by atoms with Gasteiger partial charge in [-0.1, -0.05) is 11.6 Å². The highest BCUT2D eigenvalue weighted by Gasteiger charge is 2.31. The van der Waals surface area contributed by atoms with Crippen LogP contribution >= 0.6 is 11.6 Å². The molecule has 1 aliphatic heterocycles. The Morgan fingerprint density at radius 3 is 2.33 bits per heavy atom. The Kier molecular flexibility index (Phi) is 6.56. The Labute approximate surface area is 175 Å². The van der Waals surface area contributed by atoms with Crippen molar-refractivity contribution in [1.82, 2.24) is 4.31 Å². The molecule has 2 aromatic rings. The summed E-state index contributed by atoms with van der Waals surface area (Å²) < 4.78 is 72.4. The number of morpholine rings is 1. The number of ether oxygens (including phenoxy) is 2. The maximum Gasteiger partial charge on any atom is 0.573 e. The second kappa shape index (κ2) is 8.80. The lowest BCUT2D eigenvalue weighted by molar-refractivity contribution is -0.274. The van der Waals surface area contributed by atoms with Crippen LogP contribution in [0, 0.1) is 0 Å². The summed E-state index contributed by atoms with van der Waals surface area (Å²) in [4.78, 5) is 12.5. The van der Waals surface area contributed by atoms with E-state index >= 15 is 0 Å². The first-order valence-electron chi connectivity index (χ1n) is 8.61. The number of carbonyl (C=O) groups is 1. The molecule has 0 radical (unpaired) electrons. The number of amides is 1. The van der Waals surface area contributed by atoms with E-state index in [0.717, 1.165) is 18.2 Å². The van der Waals surface area contributed by atoms with Crippen LogP contribution in [0.25, 0.3) is 0 Å². The lowest BCUT2D eigenvalue weighted by Gasteiger charge is -2.26. The third-order valence-electron chi connectivity index (χ3n) is 4.14. The third kappa shape index (κ3) is 5.42. The first-order chi connectivity index (χ1) is 14.1. The van der Waals surface area contributed by atoms with Crippen LogP contribution in [0.15, 0.2) is 47.4 Å². The topological polar surface area (TPSA) is 84.9 Å². The molecule has 0 unspecified atom stereocenters. The number of hydrogen-bond acceptors (Lipinski definition) is 5. The van der Waals surface area contributed by atoms with Gasteiger partial charge in [0.05, 0.1) is 28.7 Å². The summed E-state index contributed by atoms with van der Waals surface area (Å²) in [5.41, 5.74) is 0.0775. The first kappa shape index (κ1) is 22.3. The van der Waals surface area contributed by atoms with Gasteiger partial charge in [0.1, 0.15) is 5.75 Å². The minimum atomic E-state index is -4.83. The van der Waals surface area contributed by atoms with Gasteiger partial charge in [-0.2, -0.15) is 4.31 Å². The predicted octanol–water partition coefficient (Wildman–Crippen LogP) is 3.51. The molecule has 1 fully saturated rings. The van der Waals surface area contributed by atoms with Crippen molar-refractivity contribution in [2.24, 2.45) is 0 Å². The van der Waals surface area contributed by atoms with Gasteiger partial charge < -0.3 is 14.8 Å². The van der Waals surface area contributed by atoms with Crippen LogP contribution in [0.5, 0.6) is 5.75 Å². The predicted molar refractivity (Wildman–Crippen MR) is 102 cm³/mol. The lowest BCUT2D eigenvalue weighted by Crippen LogP contribution is -2.40. The van der Waals surface area contributed by atoms with Crippen LogP contribution in [0.4, 0.5) is 18.9 Å². The quantitative estimate of drug-likeness (QED) is 0.732. The van der Waals surface area contributed by atoms with E-state index in [1.165, 1.54) is 28.6 Å². The van der Waals surface area contributed by atoms with Crippen LogP contribution in [-0.4, -0.2) is 51.3 Å². The van der Waals surface area contributed by atoms with Crippen molar-refractivity contribution >= 4 is 33.2 Å². The highest BCUT2D eigenvalue weighted by atomic mass is 35.5. The van der Waals surface area contributed by atoms with Crippen LogP contribution in [0.3, 0.4) is 0 Å². The van der Waals surface area contributed by atoms with Crippen molar-refractivity contribution in [3.8, 4) is 5.75 Å². The van der Waals surface area contributed by atoms with E-state index in [4.69, 9.17) is 16.3 Å². The molecule has 3 rings (SSSR count). The van der Waals surface area contributed by atoms with E-state index in [1.54, 1.807) is 0 Å². The van der Waals surface area contributed by atoms with E-state index in [-0.39, 0.29) is 47.5 Å². The maximum atomic E-state index is 12.8. The van der Waals surface area contributed by atoms with Gasteiger partial charge in [-0.05, 0) is 42.5 Å². The van der Waals surface area contributed by atoms with Crippen LogP contribution in [0.2, 0.25) is 5.02 Å². The number of carbonyl (C=O) groups excluding carboxylic acids is 1. The van der Waals surface area contributed by atoms with Crippen molar-refractivity contribution in [1.29, 1.82) is 0 Å². The molecule has 30 heavy (non-hydrogen) atoms. The molecule has 0 spiro atoms. The fraction of sp³-hybridized carbons (Fsp3) is 0.278. The number of benzene rings is 2. The summed E-state index contributed by atoms with van der Waals surface area (Å²) in [6.07, 6.45) is -4.83. The van der Waals surface area contributed by atoms with Gasteiger partial charge in [0.15, 0.2) is 0 Å². The molecule has 1 N–H and O–H groups in total. The summed E-state index contributed by atoms with van der Waals surface area (Å²) in [5.74, 6) is -1.17. The van der Waals surface area contributed by atoms with Crippen LogP contribution < -0.4 is 10.1 Å². The summed E-state index contributed by atoms with van der Waals surface area (Å²) in [6.45, 7) is 0.931. The first-order valence-corrected chi connectivity index (χ1v) is 10.4. The molecule has 1 aliphatic rings. The van der Waals surface area contributed by atoms with Crippen molar-refractivity contribution in [3.05, 3.63) is 53.1 Å². The smallest absolute Gasteiger partial charge is 0.406 e. The van der Waals surface area contributed by atoms with Gasteiger partial charge in [-0.25, -0.2) is 8.42 Å². The fourth-order valence-corrected chi connectivity index (χ4v) is 4.35. The molecule has 7 nitrogen and oxygen atoms in total. The average molecular weight is 465 g/mol. The maximum absolute atomic E-state index is 12.8. The molecule has 12 heteroatoms. The Bertz CT molecular complexity index is 1020. The highest BCUT2D eigenvalue weighted by molar-refractivity contribution is 7.89. The van der Waals surface area contributed by atoms with Crippen molar-refractivity contribution in [2.45, 2.75) is 11.3 Å². The third-order valence-corrected chi connectivity index (χ3v) is 6.36. The number of rotatable bonds is 5. The highest BCUT2D eigenvalue weighted by Crippen LogP contribution is 2.26. The SMILES string of the molecule is O=C(Nc1ccc(OC(F)(F)F)cc1)c1cc(S(=O)(=O)N2CCOCC2)ccc1Cl. The number of nitrogens with one attached hydrogen (secondary N) is 1. The minimum Gasteiger partial charge on any atom is -0.406 e. The largest absolute Gasteiger partial charge is 0.573 e. The van der Waals surface area contributed by atoms with Crippen molar-refractivity contribution in [2.75, 3.05) is 31.6 Å². The molecule has 1 amide bonds. The summed E-state index contributed by atoms with van der Waals surface area (Å²) >= 11 is 6.06. The molecule has 0 aromatic heterocycles. The van der Waals surface area contributed by atoms with Crippen molar-refractivity contribution < 1.29 is 35.9 Å². The van der Waals surface area contributed by atoms with Gasteiger partial charge >= 0.3 is 6.36 Å². The van der Waals surface area contributed by atoms with Crippen molar-refractivity contribution in [3.63, 3.8) is 0 Å². The molecule has 0 bridgehead atoms. The monoisotopic (exact) mass is 464 g/mol. The van der Waals surface area contributed by atoms with Crippen LogP contribution in [0.1, 0.15) is 10.4 Å². The number of sulfonamides is 1. The van der Waals surface area contributed by atoms with Gasteiger partial charge in [0.2, 0.25) is 10.0 Å². The molecular formula is C18H16ClF3N2O5S. The normalized spacial score (nSPS) is 15.6. The number of hydrogen-bond donors (Lipinski definition) is 1. The zero-order chi connectivity index (χ0) is 21.9. The molecule has 0 aliphatic carbocycles. The second-order valence-corrected chi connectivity index (χ2v) is 8.53. The van der Waals surface area contributed by atoms with E-state index < -0.39 is 28.0 Å². The zero-order valence-electron chi connectivity index (χ0n) is 15.3. The number of nitrogens with zero attached hydrogens (tertiary/aromatic N) is 1. The number of halogens is 4. The zero-order valence-corrected chi connectivity index (χ0v) is 16.9. The summed E-state index contributed by atoms with van der Waals surface area (Å²) in [5, 5.41) is 2.48. The average Bonchev–Trinajstić information content (AvgIpc) is 2.69. The van der Waals surface area contributed by atoms with E-state index in [0.29, 0.717) is 0 Å². The Morgan fingerprint density at radius 2 is 1.73 bits per heavy atom. The standard InChI is InChI=1S/C18H16ClF3N2O5S/c19-16-6-5-14(30(26,27)24-7-9-28-10-8-24)11-15(16)17(25)23-12-1-3-13(4-2-12)29-18(20,21)22/h1-6,11H,7-10H2,(H,23,25). The summed E-state index contributed by atoms with van der Waals surface area (Å²) in [6, 6.07) is 8.23. The minimum absolute atomic E-state index is 0.0189. The van der Waals surface area contributed by atoms with Crippen LogP contribution in [-0.2, 0) is 14.8 Å². The number of anilines is 1. The van der Waals surface area contributed by atoms with E-state index in [9.17, 15) is 26.4 Å². The Balaban J connectivity index is 1.78. The molecule has 0 atom stereocenters. The van der Waals surface area contributed by atoms with Gasteiger partial charge in [0, 0.05) is 18.8 Å². The summed E-state index contributed by atoms with van der Waals surface area (Å²) in [7, 11) is -3.84. The molecular weight excluding hydrogens is 449 g/mol. The van der Waals surface area contributed by atoms with Gasteiger partial charge in [-0.15, -0.1) is 13.2 Å². The molecule has 1 saturated heterocycles. The van der Waals surface area contributed by atoms with E-state index in [1.807, 2.05) is 0 Å². The molecule has 162 valence electrons. The molecule has 0 saturated carbocycles. The lowest BCUT2D eigenvalue weighted by atomic mass is 10.2.